The van der Waals surface area contributed by atoms with Crippen LogP contribution in [0, 0.1) is 16.0 Å². The van der Waals surface area contributed by atoms with Crippen molar-refractivity contribution in [3.05, 3.63) is 10.1 Å². The molecule has 2 unspecified atom stereocenters. The van der Waals surface area contributed by atoms with Crippen molar-refractivity contribution in [1.82, 2.24) is 0 Å². The Hall–Kier alpha value is -1.37. The van der Waals surface area contributed by atoms with E-state index in [1.54, 1.807) is 0 Å². The van der Waals surface area contributed by atoms with Crippen molar-refractivity contribution in [3.63, 3.8) is 0 Å². The molecule has 2 atom stereocenters. The predicted molar refractivity (Wildman–Crippen MR) is 56.2 cm³/mol. The monoisotopic (exact) mass is 247 g/mol. The molecule has 0 spiro atoms. The quantitative estimate of drug-likeness (QED) is 0.294. The maximum absolute atomic E-state index is 11.5. The molecule has 0 saturated heterocycles. The molecule has 17 heavy (non-hydrogen) atoms. The molecule has 1 rings (SSSR count). The number of carbonyl (C=O) groups is 1. The van der Waals surface area contributed by atoms with Crippen LogP contribution in [0.2, 0.25) is 0 Å². The minimum atomic E-state index is -0.823. The highest BCUT2D eigenvalue weighted by Gasteiger charge is 2.33. The van der Waals surface area contributed by atoms with Crippen LogP contribution in [0.1, 0.15) is 39.0 Å². The van der Waals surface area contributed by atoms with E-state index in [0.29, 0.717) is 25.9 Å². The Morgan fingerprint density at radius 1 is 1.47 bits per heavy atom. The molecule has 98 valence electrons. The smallest absolute Gasteiger partial charge is 0.311 e. The number of carbonyl (C=O) groups excluding carboxylic acids is 1. The largest absolute Gasteiger partial charge is 0.345 e. The van der Waals surface area contributed by atoms with E-state index >= 15 is 0 Å². The van der Waals surface area contributed by atoms with E-state index in [0.717, 1.165) is 12.8 Å². The maximum atomic E-state index is 11.5. The van der Waals surface area contributed by atoms with Gasteiger partial charge >= 0.3 is 5.97 Å². The Kier molecular flexibility index (Phi) is 5.68. The molecule has 0 aromatic rings. The molecule has 0 bridgehead atoms. The average molecular weight is 247 g/mol. The fraction of sp³-hybridized carbons (Fsp3) is 0.900. The van der Waals surface area contributed by atoms with Gasteiger partial charge in [0, 0.05) is 0 Å². The van der Waals surface area contributed by atoms with Crippen LogP contribution in [0.3, 0.4) is 0 Å². The molecule has 0 aliphatic heterocycles. The van der Waals surface area contributed by atoms with Gasteiger partial charge in [-0.25, -0.2) is 4.79 Å². The van der Waals surface area contributed by atoms with Crippen molar-refractivity contribution in [2.45, 2.75) is 45.1 Å². The van der Waals surface area contributed by atoms with Crippen LogP contribution < -0.4 is 0 Å². The Morgan fingerprint density at radius 2 is 2.24 bits per heavy atom. The molecule has 1 fully saturated rings. The Bertz CT molecular complexity index is 270. The number of hydrogen-bond acceptors (Lipinski definition) is 6. The van der Waals surface area contributed by atoms with Gasteiger partial charge < -0.3 is 4.84 Å². The molecule has 0 heterocycles. The van der Waals surface area contributed by atoms with E-state index < -0.39 is 17.2 Å². The first-order valence-electron chi connectivity index (χ1n) is 5.78. The lowest BCUT2D eigenvalue weighted by molar-refractivity contribution is -0.768. The summed E-state index contributed by atoms with van der Waals surface area (Å²) in [6.45, 7) is 2.38. The molecule has 7 heteroatoms. The van der Waals surface area contributed by atoms with Crippen molar-refractivity contribution >= 4 is 5.97 Å². The fourth-order valence-electron chi connectivity index (χ4n) is 1.74. The van der Waals surface area contributed by atoms with E-state index in [4.69, 9.17) is 4.89 Å². The molecular weight excluding hydrogens is 230 g/mol. The maximum Gasteiger partial charge on any atom is 0.345 e. The van der Waals surface area contributed by atoms with Gasteiger partial charge in [-0.3, -0.25) is 4.89 Å². The highest BCUT2D eigenvalue weighted by molar-refractivity contribution is 5.72. The zero-order chi connectivity index (χ0) is 12.7. The first kappa shape index (κ1) is 13.7. The van der Waals surface area contributed by atoms with E-state index in [9.17, 15) is 14.9 Å². The van der Waals surface area contributed by atoms with Crippen LogP contribution in [0.15, 0.2) is 0 Å². The normalized spacial score (nSPS) is 23.4. The molecule has 7 nitrogen and oxygen atoms in total. The van der Waals surface area contributed by atoms with E-state index in [-0.39, 0.29) is 5.92 Å². The molecule has 1 aliphatic rings. The highest BCUT2D eigenvalue weighted by atomic mass is 17.2. The van der Waals surface area contributed by atoms with Gasteiger partial charge in [-0.05, 0) is 25.7 Å². The van der Waals surface area contributed by atoms with Crippen LogP contribution in [0.25, 0.3) is 0 Å². The van der Waals surface area contributed by atoms with Crippen molar-refractivity contribution in [1.29, 1.82) is 0 Å². The summed E-state index contributed by atoms with van der Waals surface area (Å²) in [6.07, 6.45) is 2.63. The first-order valence-corrected chi connectivity index (χ1v) is 5.78. The van der Waals surface area contributed by atoms with Crippen LogP contribution in [0.4, 0.5) is 0 Å². The lowest BCUT2D eigenvalue weighted by Gasteiger charge is -2.08. The second-order valence-electron chi connectivity index (χ2n) is 4.04. The Balaban J connectivity index is 2.18. The summed E-state index contributed by atoms with van der Waals surface area (Å²) >= 11 is 0. The van der Waals surface area contributed by atoms with Gasteiger partial charge in [0.25, 0.3) is 5.09 Å². The van der Waals surface area contributed by atoms with Crippen molar-refractivity contribution < 1.29 is 24.5 Å². The van der Waals surface area contributed by atoms with Gasteiger partial charge in [0.05, 0.1) is 12.5 Å². The van der Waals surface area contributed by atoms with Crippen molar-refractivity contribution in [3.8, 4) is 0 Å². The van der Waals surface area contributed by atoms with E-state index in [2.05, 4.69) is 9.73 Å². The number of rotatable bonds is 7. The van der Waals surface area contributed by atoms with Gasteiger partial charge in [-0.2, -0.15) is 4.89 Å². The molecule has 0 radical (unpaired) electrons. The number of hydrogen-bond donors (Lipinski definition) is 0. The Morgan fingerprint density at radius 3 is 2.88 bits per heavy atom. The lowest BCUT2D eigenvalue weighted by Crippen LogP contribution is -2.18. The Labute approximate surface area is 99.1 Å². The van der Waals surface area contributed by atoms with E-state index in [1.165, 1.54) is 0 Å². The van der Waals surface area contributed by atoms with Crippen molar-refractivity contribution in [2.75, 3.05) is 6.61 Å². The lowest BCUT2D eigenvalue weighted by atomic mass is 10.1. The SMILES string of the molecule is CCCCOOC(=O)C1CCC(O[N+](=O)[O-])C1. The molecule has 0 aromatic carbocycles. The summed E-state index contributed by atoms with van der Waals surface area (Å²) in [7, 11) is 0. The van der Waals surface area contributed by atoms with Gasteiger partial charge in [0.2, 0.25) is 0 Å². The van der Waals surface area contributed by atoms with E-state index in [1.807, 2.05) is 6.92 Å². The zero-order valence-electron chi connectivity index (χ0n) is 9.79. The minimum Gasteiger partial charge on any atom is -0.311 e. The molecule has 1 saturated carbocycles. The molecule has 1 aliphatic carbocycles. The second kappa shape index (κ2) is 7.05. The summed E-state index contributed by atoms with van der Waals surface area (Å²) in [5, 5.41) is 9.29. The molecule has 0 amide bonds. The molecule has 0 aromatic heterocycles. The standard InChI is InChI=1S/C10H17NO6/c1-2-3-6-15-17-10(12)8-4-5-9(7-8)16-11(13)14/h8-9H,2-7H2,1H3. The summed E-state index contributed by atoms with van der Waals surface area (Å²) < 4.78 is 0. The van der Waals surface area contributed by atoms with Crippen LogP contribution in [0.5, 0.6) is 0 Å². The third kappa shape index (κ3) is 4.99. The minimum absolute atomic E-state index is 0.316. The second-order valence-corrected chi connectivity index (χ2v) is 4.04. The number of unbranched alkanes of at least 4 members (excludes halogenated alkanes) is 1. The first-order chi connectivity index (χ1) is 8.13. The van der Waals surface area contributed by atoms with Crippen LogP contribution in [-0.4, -0.2) is 23.8 Å². The molecule has 0 N–H and O–H groups in total. The van der Waals surface area contributed by atoms with Crippen molar-refractivity contribution in [2.24, 2.45) is 5.92 Å². The zero-order valence-corrected chi connectivity index (χ0v) is 9.79. The molecular formula is C10H17NO6. The van der Waals surface area contributed by atoms with Crippen LogP contribution >= 0.6 is 0 Å². The highest BCUT2D eigenvalue weighted by Crippen LogP contribution is 2.28. The van der Waals surface area contributed by atoms with Gasteiger partial charge in [0.1, 0.15) is 6.10 Å². The topological polar surface area (TPSA) is 87.9 Å². The summed E-state index contributed by atoms with van der Waals surface area (Å²) in [5.41, 5.74) is 0. The summed E-state index contributed by atoms with van der Waals surface area (Å²) in [5.74, 6) is -0.822. The number of nitrogens with zero attached hydrogens (tertiary/aromatic N) is 1. The fourth-order valence-corrected chi connectivity index (χ4v) is 1.74. The third-order valence-corrected chi connectivity index (χ3v) is 2.68. The average Bonchev–Trinajstić information content (AvgIpc) is 2.71. The predicted octanol–water partition coefficient (Wildman–Crippen LogP) is 1.64. The van der Waals surface area contributed by atoms with Gasteiger partial charge in [-0.15, -0.1) is 10.1 Å². The van der Waals surface area contributed by atoms with Gasteiger partial charge in [0.15, 0.2) is 0 Å². The van der Waals surface area contributed by atoms with Gasteiger partial charge in [-0.1, -0.05) is 13.3 Å². The summed E-state index contributed by atoms with van der Waals surface area (Å²) in [6, 6.07) is 0. The summed E-state index contributed by atoms with van der Waals surface area (Å²) in [4.78, 5) is 35.4. The van der Waals surface area contributed by atoms with Crippen LogP contribution in [-0.2, 0) is 19.4 Å². The third-order valence-electron chi connectivity index (χ3n) is 2.68.